The van der Waals surface area contributed by atoms with Gasteiger partial charge in [-0.05, 0) is 30.6 Å². The number of carbonyl (C=O) groups is 2. The zero-order valence-electron chi connectivity index (χ0n) is 12.6. The van der Waals surface area contributed by atoms with Crippen LogP contribution in [0.4, 0.5) is 0 Å². The Morgan fingerprint density at radius 2 is 1.95 bits per heavy atom. The molecule has 0 bridgehead atoms. The van der Waals surface area contributed by atoms with Crippen LogP contribution in [0.2, 0.25) is 0 Å². The lowest BCUT2D eigenvalue weighted by Crippen LogP contribution is -2.62. The van der Waals surface area contributed by atoms with Crippen LogP contribution in [0.15, 0.2) is 0 Å². The minimum Gasteiger partial charge on any atom is -0.331 e. The van der Waals surface area contributed by atoms with Crippen LogP contribution >= 0.6 is 0 Å². The van der Waals surface area contributed by atoms with Gasteiger partial charge in [0.1, 0.15) is 6.04 Å². The highest BCUT2D eigenvalue weighted by Gasteiger charge is 2.42. The molecule has 19 heavy (non-hydrogen) atoms. The van der Waals surface area contributed by atoms with E-state index in [0.717, 1.165) is 25.8 Å². The van der Waals surface area contributed by atoms with Crippen LogP contribution in [-0.2, 0) is 9.59 Å². The SMILES string of the molecule is CC(C)C(C)(C)CN1CC(=O)N2CCCCC2C1=O. The highest BCUT2D eigenvalue weighted by molar-refractivity contribution is 5.95. The van der Waals surface area contributed by atoms with E-state index < -0.39 is 0 Å². The monoisotopic (exact) mass is 266 g/mol. The van der Waals surface area contributed by atoms with E-state index in [4.69, 9.17) is 0 Å². The molecule has 4 nitrogen and oxygen atoms in total. The van der Waals surface area contributed by atoms with Gasteiger partial charge in [-0.15, -0.1) is 0 Å². The molecule has 0 aromatic rings. The second kappa shape index (κ2) is 5.14. The summed E-state index contributed by atoms with van der Waals surface area (Å²) < 4.78 is 0. The number of rotatable bonds is 3. The Morgan fingerprint density at radius 1 is 1.26 bits per heavy atom. The van der Waals surface area contributed by atoms with Gasteiger partial charge in [-0.1, -0.05) is 27.7 Å². The summed E-state index contributed by atoms with van der Waals surface area (Å²) in [4.78, 5) is 28.3. The lowest BCUT2D eigenvalue weighted by molar-refractivity contribution is -0.159. The van der Waals surface area contributed by atoms with E-state index in [1.54, 1.807) is 9.80 Å². The van der Waals surface area contributed by atoms with Crippen molar-refractivity contribution >= 4 is 11.8 Å². The van der Waals surface area contributed by atoms with Crippen LogP contribution in [0.5, 0.6) is 0 Å². The van der Waals surface area contributed by atoms with Crippen LogP contribution < -0.4 is 0 Å². The molecule has 1 unspecified atom stereocenters. The molecule has 2 aliphatic heterocycles. The lowest BCUT2D eigenvalue weighted by atomic mass is 9.80. The Balaban J connectivity index is 2.11. The number of fused-ring (bicyclic) bond motifs is 1. The Morgan fingerprint density at radius 3 is 2.58 bits per heavy atom. The van der Waals surface area contributed by atoms with Crippen LogP contribution in [0.1, 0.15) is 47.0 Å². The number of hydrogen-bond acceptors (Lipinski definition) is 2. The Kier molecular flexibility index (Phi) is 3.88. The van der Waals surface area contributed by atoms with Crippen molar-refractivity contribution in [2.24, 2.45) is 11.3 Å². The average molecular weight is 266 g/mol. The van der Waals surface area contributed by atoms with E-state index in [1.165, 1.54) is 0 Å². The van der Waals surface area contributed by atoms with Gasteiger partial charge in [0.05, 0.1) is 6.54 Å². The number of nitrogens with zero attached hydrogens (tertiary/aromatic N) is 2. The number of hydrogen-bond donors (Lipinski definition) is 0. The maximum atomic E-state index is 12.5. The summed E-state index contributed by atoms with van der Waals surface area (Å²) in [5.41, 5.74) is 0.0484. The second-order valence-corrected chi connectivity index (χ2v) is 6.94. The van der Waals surface area contributed by atoms with Gasteiger partial charge in [0, 0.05) is 13.1 Å². The smallest absolute Gasteiger partial charge is 0.245 e. The maximum Gasteiger partial charge on any atom is 0.245 e. The van der Waals surface area contributed by atoms with E-state index in [2.05, 4.69) is 27.7 Å². The predicted molar refractivity (Wildman–Crippen MR) is 74.6 cm³/mol. The quantitative estimate of drug-likeness (QED) is 0.782. The topological polar surface area (TPSA) is 40.6 Å². The molecule has 0 aliphatic carbocycles. The van der Waals surface area contributed by atoms with Crippen molar-refractivity contribution in [2.45, 2.75) is 53.0 Å². The van der Waals surface area contributed by atoms with Crippen LogP contribution in [0.25, 0.3) is 0 Å². The third-order valence-corrected chi connectivity index (χ3v) is 4.91. The van der Waals surface area contributed by atoms with Crippen molar-refractivity contribution in [3.8, 4) is 0 Å². The summed E-state index contributed by atoms with van der Waals surface area (Å²) >= 11 is 0. The zero-order chi connectivity index (χ0) is 14.2. The van der Waals surface area contributed by atoms with Gasteiger partial charge in [-0.25, -0.2) is 0 Å². The van der Waals surface area contributed by atoms with Crippen LogP contribution in [0.3, 0.4) is 0 Å². The molecule has 108 valence electrons. The molecule has 0 aromatic carbocycles. The van der Waals surface area contributed by atoms with Crippen LogP contribution in [0, 0.1) is 11.3 Å². The molecule has 0 radical (unpaired) electrons. The third kappa shape index (κ3) is 2.77. The first-order valence-corrected chi connectivity index (χ1v) is 7.41. The largest absolute Gasteiger partial charge is 0.331 e. The summed E-state index contributed by atoms with van der Waals surface area (Å²) in [6.45, 7) is 10.4. The van der Waals surface area contributed by atoms with Crippen molar-refractivity contribution < 1.29 is 9.59 Å². The third-order valence-electron chi connectivity index (χ3n) is 4.91. The molecule has 0 spiro atoms. The normalized spacial score (nSPS) is 25.0. The summed E-state index contributed by atoms with van der Waals surface area (Å²) in [5, 5.41) is 0. The highest BCUT2D eigenvalue weighted by atomic mass is 16.2. The Hall–Kier alpha value is -1.06. The average Bonchev–Trinajstić information content (AvgIpc) is 2.35. The molecule has 2 saturated heterocycles. The fourth-order valence-corrected chi connectivity index (χ4v) is 2.84. The van der Waals surface area contributed by atoms with Crippen molar-refractivity contribution in [3.05, 3.63) is 0 Å². The molecule has 0 aromatic heterocycles. The predicted octanol–water partition coefficient (Wildman–Crippen LogP) is 1.89. The fraction of sp³-hybridized carbons (Fsp3) is 0.867. The summed E-state index contributed by atoms with van der Waals surface area (Å²) in [5.74, 6) is 0.775. The van der Waals surface area contributed by atoms with Crippen molar-refractivity contribution in [2.75, 3.05) is 19.6 Å². The van der Waals surface area contributed by atoms with Crippen LogP contribution in [-0.4, -0.2) is 47.3 Å². The van der Waals surface area contributed by atoms with E-state index in [9.17, 15) is 9.59 Å². The van der Waals surface area contributed by atoms with Gasteiger partial charge in [-0.3, -0.25) is 9.59 Å². The lowest BCUT2D eigenvalue weighted by Gasteiger charge is -2.45. The molecule has 0 saturated carbocycles. The van der Waals surface area contributed by atoms with Gasteiger partial charge in [0.25, 0.3) is 0 Å². The number of piperidine rings is 1. The molecule has 2 heterocycles. The molecule has 0 N–H and O–H groups in total. The van der Waals surface area contributed by atoms with E-state index in [0.29, 0.717) is 12.5 Å². The minimum atomic E-state index is -0.182. The van der Waals surface area contributed by atoms with Crippen molar-refractivity contribution in [1.82, 2.24) is 9.80 Å². The number of carbonyl (C=O) groups excluding carboxylic acids is 2. The van der Waals surface area contributed by atoms with E-state index in [1.807, 2.05) is 0 Å². The minimum absolute atomic E-state index is 0.0484. The molecular formula is C15H26N2O2. The summed E-state index contributed by atoms with van der Waals surface area (Å²) in [6, 6.07) is -0.182. The van der Waals surface area contributed by atoms with Gasteiger partial charge in [0.15, 0.2) is 0 Å². The van der Waals surface area contributed by atoms with E-state index >= 15 is 0 Å². The van der Waals surface area contributed by atoms with Gasteiger partial charge in [0.2, 0.25) is 11.8 Å². The summed E-state index contributed by atoms with van der Waals surface area (Å²) in [7, 11) is 0. The first-order chi connectivity index (χ1) is 8.83. The highest BCUT2D eigenvalue weighted by Crippen LogP contribution is 2.30. The number of amides is 2. The van der Waals surface area contributed by atoms with Crippen molar-refractivity contribution in [3.63, 3.8) is 0 Å². The molecular weight excluding hydrogens is 240 g/mol. The second-order valence-electron chi connectivity index (χ2n) is 6.94. The van der Waals surface area contributed by atoms with Gasteiger partial charge < -0.3 is 9.80 Å². The number of piperazine rings is 1. The van der Waals surface area contributed by atoms with Gasteiger partial charge >= 0.3 is 0 Å². The first-order valence-electron chi connectivity index (χ1n) is 7.41. The molecule has 1 atom stereocenters. The standard InChI is InChI=1S/C15H26N2O2/c1-11(2)15(3,4)10-16-9-13(18)17-8-6-5-7-12(17)14(16)19/h11-12H,5-10H2,1-4H3. The Bertz CT molecular complexity index is 376. The molecule has 4 heteroatoms. The van der Waals surface area contributed by atoms with Gasteiger partial charge in [-0.2, -0.15) is 0 Å². The zero-order valence-corrected chi connectivity index (χ0v) is 12.6. The fourth-order valence-electron chi connectivity index (χ4n) is 2.84. The summed E-state index contributed by atoms with van der Waals surface area (Å²) in [6.07, 6.45) is 2.93. The maximum absolute atomic E-state index is 12.5. The molecule has 2 amide bonds. The van der Waals surface area contributed by atoms with Crippen molar-refractivity contribution in [1.29, 1.82) is 0 Å². The molecule has 2 rings (SSSR count). The first kappa shape index (κ1) is 14.4. The molecule has 2 fully saturated rings. The van der Waals surface area contributed by atoms with E-state index in [-0.39, 0.29) is 29.8 Å². The molecule has 2 aliphatic rings. The Labute approximate surface area is 116 Å².